The van der Waals surface area contributed by atoms with Crippen LogP contribution in [0.25, 0.3) is 0 Å². The maximum absolute atomic E-state index is 11.7. The van der Waals surface area contributed by atoms with Gasteiger partial charge in [-0.05, 0) is 42.2 Å². The number of guanidine groups is 1. The largest absolute Gasteiger partial charge is 0.380 e. The number of rotatable bonds is 9. The maximum atomic E-state index is 11.7. The summed E-state index contributed by atoms with van der Waals surface area (Å²) in [6, 6.07) is 16.0. The fourth-order valence-corrected chi connectivity index (χ4v) is 2.76. The minimum absolute atomic E-state index is 0. The summed E-state index contributed by atoms with van der Waals surface area (Å²) < 4.78 is 5.14. The summed E-state index contributed by atoms with van der Waals surface area (Å²) in [6.07, 6.45) is 0.807. The Bertz CT molecular complexity index is 779. The van der Waals surface area contributed by atoms with E-state index >= 15 is 0 Å². The molecule has 0 aliphatic carbocycles. The number of carbonyl (C=O) groups is 1. The van der Waals surface area contributed by atoms with E-state index in [0.29, 0.717) is 18.7 Å². The lowest BCUT2D eigenvalue weighted by Crippen LogP contribution is -2.38. The molecule has 0 fully saturated rings. The van der Waals surface area contributed by atoms with E-state index in [2.05, 4.69) is 45.2 Å². The van der Waals surface area contributed by atoms with E-state index in [1.807, 2.05) is 31.2 Å². The number of nitrogens with zero attached hydrogens (tertiary/aromatic N) is 1. The van der Waals surface area contributed by atoms with Crippen molar-refractivity contribution < 1.29 is 9.53 Å². The second-order valence-electron chi connectivity index (χ2n) is 6.40. The molecule has 0 unspecified atom stereocenters. The van der Waals surface area contributed by atoms with Gasteiger partial charge >= 0.3 is 0 Å². The van der Waals surface area contributed by atoms with Crippen LogP contribution >= 0.6 is 24.0 Å². The number of aliphatic imine (C=N–C) groups is 1. The number of methoxy groups -OCH3 is 1. The second kappa shape index (κ2) is 13.9. The number of hydrogen-bond donors (Lipinski definition) is 3. The molecular weight excluding hydrogens is 479 g/mol. The number of hydrogen-bond acceptors (Lipinski definition) is 3. The summed E-state index contributed by atoms with van der Waals surface area (Å²) in [7, 11) is 3.34. The molecule has 0 saturated carbocycles. The Balaban J connectivity index is 0.00000420. The van der Waals surface area contributed by atoms with Crippen LogP contribution in [0.15, 0.2) is 53.5 Å². The van der Waals surface area contributed by atoms with Gasteiger partial charge in [0.05, 0.1) is 13.2 Å². The molecule has 0 saturated heterocycles. The minimum Gasteiger partial charge on any atom is -0.380 e. The van der Waals surface area contributed by atoms with Gasteiger partial charge in [0.15, 0.2) is 5.96 Å². The highest BCUT2D eigenvalue weighted by atomic mass is 127. The number of carbonyl (C=O) groups excluding carboxylic acids is 1. The molecule has 158 valence electrons. The minimum atomic E-state index is -0.0683. The van der Waals surface area contributed by atoms with Crippen molar-refractivity contribution >= 4 is 35.8 Å². The Labute approximate surface area is 190 Å². The van der Waals surface area contributed by atoms with E-state index in [0.717, 1.165) is 42.2 Å². The van der Waals surface area contributed by atoms with Crippen LogP contribution < -0.4 is 16.0 Å². The zero-order chi connectivity index (χ0) is 20.2. The molecule has 0 heterocycles. The van der Waals surface area contributed by atoms with Gasteiger partial charge in [0.2, 0.25) is 0 Å². The number of halogens is 1. The van der Waals surface area contributed by atoms with Gasteiger partial charge in [-0.2, -0.15) is 0 Å². The summed E-state index contributed by atoms with van der Waals surface area (Å²) in [5.41, 5.74) is 4.09. The molecule has 0 atom stereocenters. The third-order valence-corrected chi connectivity index (χ3v) is 4.22. The van der Waals surface area contributed by atoms with Crippen molar-refractivity contribution in [2.75, 3.05) is 27.2 Å². The van der Waals surface area contributed by atoms with Crippen LogP contribution in [-0.4, -0.2) is 39.1 Å². The molecule has 7 heteroatoms. The quantitative estimate of drug-likeness (QED) is 0.276. The SMILES string of the molecule is CCNC(=NCc1ccc(COC)cc1)NCCc1cccc(C(=O)NC)c1.I. The topological polar surface area (TPSA) is 74.8 Å². The first-order valence-electron chi connectivity index (χ1n) is 9.56. The number of benzene rings is 2. The number of nitrogens with one attached hydrogen (secondary N) is 3. The molecule has 0 radical (unpaired) electrons. The Kier molecular flexibility index (Phi) is 12.0. The average molecular weight is 510 g/mol. The molecule has 0 spiro atoms. The third kappa shape index (κ3) is 8.82. The normalized spacial score (nSPS) is 10.8. The van der Waals surface area contributed by atoms with E-state index in [1.165, 1.54) is 0 Å². The molecule has 29 heavy (non-hydrogen) atoms. The molecule has 2 aromatic rings. The third-order valence-electron chi connectivity index (χ3n) is 4.22. The Hall–Kier alpha value is -2.13. The van der Waals surface area contributed by atoms with Gasteiger partial charge in [-0.3, -0.25) is 4.79 Å². The Morgan fingerprint density at radius 1 is 1.03 bits per heavy atom. The molecule has 0 aliphatic rings. The van der Waals surface area contributed by atoms with E-state index in [-0.39, 0.29) is 29.9 Å². The molecule has 2 rings (SSSR count). The molecule has 6 nitrogen and oxygen atoms in total. The van der Waals surface area contributed by atoms with Gasteiger partial charge in [0.25, 0.3) is 5.91 Å². The molecule has 0 bridgehead atoms. The summed E-state index contributed by atoms with van der Waals surface area (Å²) >= 11 is 0. The number of amides is 1. The molecule has 0 aromatic heterocycles. The van der Waals surface area contributed by atoms with Gasteiger partial charge in [-0.25, -0.2) is 4.99 Å². The van der Waals surface area contributed by atoms with Crippen molar-refractivity contribution in [2.45, 2.75) is 26.5 Å². The molecule has 3 N–H and O–H groups in total. The summed E-state index contributed by atoms with van der Waals surface area (Å²) in [5, 5.41) is 9.27. The van der Waals surface area contributed by atoms with Crippen molar-refractivity contribution in [2.24, 2.45) is 4.99 Å². The van der Waals surface area contributed by atoms with Crippen LogP contribution in [0.5, 0.6) is 0 Å². The van der Waals surface area contributed by atoms with E-state index in [1.54, 1.807) is 14.2 Å². The van der Waals surface area contributed by atoms with Gasteiger partial charge < -0.3 is 20.7 Å². The van der Waals surface area contributed by atoms with Crippen LogP contribution in [-0.2, 0) is 24.3 Å². The lowest BCUT2D eigenvalue weighted by atomic mass is 10.1. The van der Waals surface area contributed by atoms with Crippen LogP contribution in [0.4, 0.5) is 0 Å². The molecule has 1 amide bonds. The van der Waals surface area contributed by atoms with E-state index in [9.17, 15) is 4.79 Å². The summed E-state index contributed by atoms with van der Waals surface area (Å²) in [5.74, 6) is 0.715. The van der Waals surface area contributed by atoms with Crippen molar-refractivity contribution in [3.05, 3.63) is 70.8 Å². The lowest BCUT2D eigenvalue weighted by Gasteiger charge is -2.12. The molecule has 2 aromatic carbocycles. The van der Waals surface area contributed by atoms with Gasteiger partial charge in [0, 0.05) is 32.8 Å². The second-order valence-corrected chi connectivity index (χ2v) is 6.40. The smallest absolute Gasteiger partial charge is 0.251 e. The van der Waals surface area contributed by atoms with Gasteiger partial charge in [-0.1, -0.05) is 36.4 Å². The average Bonchev–Trinajstić information content (AvgIpc) is 2.73. The summed E-state index contributed by atoms with van der Waals surface area (Å²) in [6.45, 7) is 4.80. The van der Waals surface area contributed by atoms with Crippen LogP contribution in [0.1, 0.15) is 34.0 Å². The highest BCUT2D eigenvalue weighted by molar-refractivity contribution is 14.0. The Morgan fingerprint density at radius 3 is 2.41 bits per heavy atom. The summed E-state index contributed by atoms with van der Waals surface area (Å²) in [4.78, 5) is 16.4. The zero-order valence-corrected chi connectivity index (χ0v) is 19.7. The predicted octanol–water partition coefficient (Wildman–Crippen LogP) is 3.11. The number of ether oxygens (including phenoxy) is 1. The lowest BCUT2D eigenvalue weighted by molar-refractivity contribution is 0.0963. The van der Waals surface area contributed by atoms with Crippen LogP contribution in [0.2, 0.25) is 0 Å². The predicted molar refractivity (Wildman–Crippen MR) is 129 cm³/mol. The monoisotopic (exact) mass is 510 g/mol. The first-order chi connectivity index (χ1) is 13.7. The maximum Gasteiger partial charge on any atom is 0.251 e. The standard InChI is InChI=1S/C22H30N4O2.HI/c1-4-24-22(26-15-18-8-10-19(11-9-18)16-28-3)25-13-12-17-6-5-7-20(14-17)21(27)23-2;/h5-11,14H,4,12-13,15-16H2,1-3H3,(H,23,27)(H2,24,25,26);1H. The molecule has 0 aliphatic heterocycles. The van der Waals surface area contributed by atoms with Crippen LogP contribution in [0.3, 0.4) is 0 Å². The fraction of sp³-hybridized carbons (Fsp3) is 0.364. The zero-order valence-electron chi connectivity index (χ0n) is 17.3. The Morgan fingerprint density at radius 2 is 1.76 bits per heavy atom. The van der Waals surface area contributed by atoms with Crippen molar-refractivity contribution in [3.8, 4) is 0 Å². The fourth-order valence-electron chi connectivity index (χ4n) is 2.76. The van der Waals surface area contributed by atoms with Gasteiger partial charge in [-0.15, -0.1) is 24.0 Å². The first kappa shape index (κ1) is 24.9. The van der Waals surface area contributed by atoms with Crippen molar-refractivity contribution in [3.63, 3.8) is 0 Å². The van der Waals surface area contributed by atoms with E-state index in [4.69, 9.17) is 4.74 Å². The molecular formula is C22H31IN4O2. The highest BCUT2D eigenvalue weighted by Gasteiger charge is 2.04. The van der Waals surface area contributed by atoms with Crippen molar-refractivity contribution in [1.82, 2.24) is 16.0 Å². The van der Waals surface area contributed by atoms with Gasteiger partial charge in [0.1, 0.15) is 0 Å². The van der Waals surface area contributed by atoms with E-state index < -0.39 is 0 Å². The van der Waals surface area contributed by atoms with Crippen LogP contribution in [0, 0.1) is 0 Å². The first-order valence-corrected chi connectivity index (χ1v) is 9.56. The highest BCUT2D eigenvalue weighted by Crippen LogP contribution is 2.07. The van der Waals surface area contributed by atoms with Crippen molar-refractivity contribution in [1.29, 1.82) is 0 Å².